The van der Waals surface area contributed by atoms with Gasteiger partial charge in [-0.1, -0.05) is 52.0 Å². The van der Waals surface area contributed by atoms with Crippen LogP contribution in [0.25, 0.3) is 0 Å². The molecule has 2 aromatic rings. The van der Waals surface area contributed by atoms with Crippen LogP contribution in [0.15, 0.2) is 36.4 Å². The molecule has 1 N–H and O–H groups in total. The molecule has 1 atom stereocenters. The second kappa shape index (κ2) is 7.77. The van der Waals surface area contributed by atoms with Crippen LogP contribution < -0.4 is 5.32 Å². The number of rotatable bonds is 7. The number of hydrogen-bond donors (Lipinski definition) is 1. The standard InChI is InChI=1S/C19H27NS/c1-5-17-11-12-18(21-17)19(20-6-2)16-9-7-15(8-10-16)13-14(3)4/h7-12,14,19-20H,5-6,13H2,1-4H3. The van der Waals surface area contributed by atoms with E-state index in [1.165, 1.54) is 20.9 Å². The maximum Gasteiger partial charge on any atom is 0.0671 e. The monoisotopic (exact) mass is 301 g/mol. The van der Waals surface area contributed by atoms with Crippen molar-refractivity contribution >= 4 is 11.3 Å². The lowest BCUT2D eigenvalue weighted by atomic mass is 9.99. The maximum atomic E-state index is 3.62. The lowest BCUT2D eigenvalue weighted by Gasteiger charge is -2.17. The summed E-state index contributed by atoms with van der Waals surface area (Å²) in [6, 6.07) is 14.0. The summed E-state index contributed by atoms with van der Waals surface area (Å²) >= 11 is 1.93. The average molecular weight is 301 g/mol. The Hall–Kier alpha value is -1.12. The molecule has 0 bridgehead atoms. The van der Waals surface area contributed by atoms with Crippen LogP contribution >= 0.6 is 11.3 Å². The number of thiophene rings is 1. The smallest absolute Gasteiger partial charge is 0.0671 e. The molecule has 2 rings (SSSR count). The summed E-state index contributed by atoms with van der Waals surface area (Å²) in [4.78, 5) is 2.88. The second-order valence-corrected chi connectivity index (χ2v) is 7.19. The van der Waals surface area contributed by atoms with E-state index in [2.05, 4.69) is 69.4 Å². The molecule has 21 heavy (non-hydrogen) atoms. The summed E-state index contributed by atoms with van der Waals surface area (Å²) < 4.78 is 0. The number of hydrogen-bond acceptors (Lipinski definition) is 2. The molecule has 1 aromatic heterocycles. The summed E-state index contributed by atoms with van der Waals surface area (Å²) in [6.07, 6.45) is 2.28. The predicted molar refractivity (Wildman–Crippen MR) is 94.2 cm³/mol. The van der Waals surface area contributed by atoms with E-state index in [1.807, 2.05) is 11.3 Å². The van der Waals surface area contributed by atoms with Crippen molar-refractivity contribution in [3.05, 3.63) is 57.3 Å². The van der Waals surface area contributed by atoms with Crippen molar-refractivity contribution in [2.45, 2.75) is 46.6 Å². The van der Waals surface area contributed by atoms with Gasteiger partial charge in [0.15, 0.2) is 0 Å². The lowest BCUT2D eigenvalue weighted by Crippen LogP contribution is -2.21. The van der Waals surface area contributed by atoms with E-state index in [9.17, 15) is 0 Å². The van der Waals surface area contributed by atoms with E-state index >= 15 is 0 Å². The quantitative estimate of drug-likeness (QED) is 0.740. The molecule has 0 spiro atoms. The van der Waals surface area contributed by atoms with Gasteiger partial charge >= 0.3 is 0 Å². The van der Waals surface area contributed by atoms with Crippen LogP contribution in [-0.4, -0.2) is 6.54 Å². The Balaban J connectivity index is 2.21. The molecule has 1 aromatic carbocycles. The fourth-order valence-electron chi connectivity index (χ4n) is 2.64. The molecule has 0 amide bonds. The topological polar surface area (TPSA) is 12.0 Å². The molecular formula is C19H27NS. The normalized spacial score (nSPS) is 12.8. The molecule has 0 saturated heterocycles. The van der Waals surface area contributed by atoms with Crippen molar-refractivity contribution in [1.82, 2.24) is 5.32 Å². The minimum absolute atomic E-state index is 0.327. The summed E-state index contributed by atoms with van der Waals surface area (Å²) in [5.74, 6) is 0.713. The minimum Gasteiger partial charge on any atom is -0.306 e. The number of aryl methyl sites for hydroxylation is 1. The van der Waals surface area contributed by atoms with E-state index in [-0.39, 0.29) is 0 Å². The molecule has 1 unspecified atom stereocenters. The minimum atomic E-state index is 0.327. The van der Waals surface area contributed by atoms with E-state index in [1.54, 1.807) is 0 Å². The third kappa shape index (κ3) is 4.42. The van der Waals surface area contributed by atoms with Gasteiger partial charge in [-0.25, -0.2) is 0 Å². The maximum absolute atomic E-state index is 3.62. The van der Waals surface area contributed by atoms with Crippen molar-refractivity contribution in [2.75, 3.05) is 6.54 Å². The van der Waals surface area contributed by atoms with Crippen LogP contribution in [0.1, 0.15) is 54.6 Å². The van der Waals surface area contributed by atoms with E-state index < -0.39 is 0 Å². The first-order chi connectivity index (χ1) is 10.1. The highest BCUT2D eigenvalue weighted by Crippen LogP contribution is 2.29. The first kappa shape index (κ1) is 16.3. The van der Waals surface area contributed by atoms with Gasteiger partial charge in [0, 0.05) is 9.75 Å². The Morgan fingerprint density at radius 2 is 1.71 bits per heavy atom. The van der Waals surface area contributed by atoms with Crippen LogP contribution in [0.2, 0.25) is 0 Å². The first-order valence-corrected chi connectivity index (χ1v) is 8.86. The highest BCUT2D eigenvalue weighted by molar-refractivity contribution is 7.12. The first-order valence-electron chi connectivity index (χ1n) is 8.04. The van der Waals surface area contributed by atoms with Gasteiger partial charge in [-0.15, -0.1) is 11.3 Å². The van der Waals surface area contributed by atoms with Gasteiger partial charge in [0.1, 0.15) is 0 Å². The third-order valence-corrected chi connectivity index (χ3v) is 4.98. The van der Waals surface area contributed by atoms with Crippen LogP contribution in [0.5, 0.6) is 0 Å². The molecule has 0 aliphatic carbocycles. The predicted octanol–water partition coefficient (Wildman–Crippen LogP) is 5.21. The van der Waals surface area contributed by atoms with Crippen LogP contribution in [0.3, 0.4) is 0 Å². The van der Waals surface area contributed by atoms with Crippen LogP contribution in [0.4, 0.5) is 0 Å². The summed E-state index contributed by atoms with van der Waals surface area (Å²) in [5.41, 5.74) is 2.80. The second-order valence-electron chi connectivity index (χ2n) is 5.99. The highest BCUT2D eigenvalue weighted by Gasteiger charge is 2.15. The molecule has 0 aliphatic heterocycles. The Labute approximate surface area is 133 Å². The van der Waals surface area contributed by atoms with Crippen molar-refractivity contribution in [3.8, 4) is 0 Å². The Kier molecular flexibility index (Phi) is 6.01. The SMILES string of the molecule is CCNC(c1ccc(CC(C)C)cc1)c1ccc(CC)s1. The van der Waals surface area contributed by atoms with E-state index in [0.29, 0.717) is 12.0 Å². The molecule has 0 saturated carbocycles. The Morgan fingerprint density at radius 3 is 2.24 bits per heavy atom. The summed E-state index contributed by atoms with van der Waals surface area (Å²) in [6.45, 7) is 9.92. The zero-order valence-corrected chi connectivity index (χ0v) is 14.5. The van der Waals surface area contributed by atoms with E-state index in [0.717, 1.165) is 19.4 Å². The van der Waals surface area contributed by atoms with Crippen LogP contribution in [0, 0.1) is 5.92 Å². The Morgan fingerprint density at radius 1 is 1.00 bits per heavy atom. The van der Waals surface area contributed by atoms with Crippen molar-refractivity contribution in [3.63, 3.8) is 0 Å². The molecule has 2 heteroatoms. The molecular weight excluding hydrogens is 274 g/mol. The van der Waals surface area contributed by atoms with Crippen molar-refractivity contribution < 1.29 is 0 Å². The molecule has 0 radical (unpaired) electrons. The highest BCUT2D eigenvalue weighted by atomic mass is 32.1. The summed E-state index contributed by atoms with van der Waals surface area (Å²) in [7, 11) is 0. The number of benzene rings is 1. The van der Waals surface area contributed by atoms with Crippen molar-refractivity contribution in [2.24, 2.45) is 5.92 Å². The molecule has 1 nitrogen and oxygen atoms in total. The average Bonchev–Trinajstić information content (AvgIpc) is 2.94. The molecule has 0 aliphatic rings. The number of nitrogens with one attached hydrogen (secondary N) is 1. The van der Waals surface area contributed by atoms with Gasteiger partial charge in [0.25, 0.3) is 0 Å². The van der Waals surface area contributed by atoms with Gasteiger partial charge in [-0.05, 0) is 48.6 Å². The van der Waals surface area contributed by atoms with Crippen LogP contribution in [-0.2, 0) is 12.8 Å². The Bertz CT molecular complexity index is 539. The largest absolute Gasteiger partial charge is 0.306 e. The van der Waals surface area contributed by atoms with Crippen molar-refractivity contribution in [1.29, 1.82) is 0 Å². The zero-order chi connectivity index (χ0) is 15.2. The fraction of sp³-hybridized carbons (Fsp3) is 0.474. The van der Waals surface area contributed by atoms with Gasteiger partial charge in [-0.3, -0.25) is 0 Å². The van der Waals surface area contributed by atoms with Gasteiger partial charge < -0.3 is 5.32 Å². The molecule has 1 heterocycles. The fourth-order valence-corrected chi connectivity index (χ4v) is 3.70. The lowest BCUT2D eigenvalue weighted by molar-refractivity contribution is 0.635. The molecule has 114 valence electrons. The van der Waals surface area contributed by atoms with Gasteiger partial charge in [-0.2, -0.15) is 0 Å². The van der Waals surface area contributed by atoms with Gasteiger partial charge in [0.2, 0.25) is 0 Å². The third-order valence-electron chi connectivity index (χ3n) is 3.68. The van der Waals surface area contributed by atoms with Gasteiger partial charge in [0.05, 0.1) is 6.04 Å². The zero-order valence-electron chi connectivity index (χ0n) is 13.6. The van der Waals surface area contributed by atoms with E-state index in [4.69, 9.17) is 0 Å². The molecule has 0 fully saturated rings. The summed E-state index contributed by atoms with van der Waals surface area (Å²) in [5, 5.41) is 3.62.